The van der Waals surface area contributed by atoms with Gasteiger partial charge in [-0.2, -0.15) is 0 Å². The maximum atomic E-state index is 14.4. The number of carbonyl (C=O) groups excluding carboxylic acids is 3. The number of anilines is 1. The highest BCUT2D eigenvalue weighted by molar-refractivity contribution is 7.91. The van der Waals surface area contributed by atoms with E-state index in [9.17, 15) is 22.8 Å². The van der Waals surface area contributed by atoms with Crippen LogP contribution in [0.15, 0.2) is 72.9 Å². The van der Waals surface area contributed by atoms with Gasteiger partial charge in [0.15, 0.2) is 0 Å². The number of ether oxygens (including phenoxy) is 1. The van der Waals surface area contributed by atoms with Gasteiger partial charge in [0, 0.05) is 18.0 Å². The minimum atomic E-state index is -3.83. The summed E-state index contributed by atoms with van der Waals surface area (Å²) in [5, 5.41) is 5.72. The molecule has 4 aliphatic rings. The number of rotatable bonds is 7. The molecule has 252 valence electrons. The molecule has 0 bridgehead atoms. The van der Waals surface area contributed by atoms with E-state index in [2.05, 4.69) is 25.3 Å². The summed E-state index contributed by atoms with van der Waals surface area (Å²) in [5.41, 5.74) is 0.748. The van der Waals surface area contributed by atoms with Gasteiger partial charge in [0.05, 0.1) is 29.0 Å². The second-order valence-electron chi connectivity index (χ2n) is 13.3. The minimum Gasteiger partial charge on any atom is -0.471 e. The van der Waals surface area contributed by atoms with Crippen LogP contribution in [0.2, 0.25) is 0 Å². The summed E-state index contributed by atoms with van der Waals surface area (Å²) in [4.78, 5) is 52.8. The standard InChI is InChI=1S/C35H40N6O6S/c42-32-30-19-25(47-31-21-36-27-14-9-10-15-28(27)38-31)22-41(30)33(43)29(37-24-12-6-4-7-13-24)16-8-3-1-2-5-11-23-20-35(23,39-32)34(44)40-48(45,46)26-17-18-26/h4-7,9-15,21,23,25-26,29-30,37H,1-3,8,16-20,22H2,(H,39,42)(H,40,44)/t23-,25-,29+,30+,35-/m1/s1. The number of para-hydroxylation sites is 3. The first-order chi connectivity index (χ1) is 23.2. The first kappa shape index (κ1) is 32.0. The minimum absolute atomic E-state index is 0.122. The Labute approximate surface area is 279 Å². The molecular formula is C35H40N6O6S. The van der Waals surface area contributed by atoms with Crippen LogP contribution >= 0.6 is 0 Å². The normalized spacial score (nSPS) is 28.0. The summed E-state index contributed by atoms with van der Waals surface area (Å²) >= 11 is 0. The van der Waals surface area contributed by atoms with E-state index in [1.54, 1.807) is 0 Å². The predicted molar refractivity (Wildman–Crippen MR) is 179 cm³/mol. The zero-order valence-corrected chi connectivity index (χ0v) is 27.4. The average molecular weight is 673 g/mol. The van der Waals surface area contributed by atoms with E-state index in [-0.39, 0.29) is 37.1 Å². The number of hydrogen-bond donors (Lipinski definition) is 3. The van der Waals surface area contributed by atoms with Gasteiger partial charge < -0.3 is 20.3 Å². The Bertz CT molecular complexity index is 1830. The number of carbonyl (C=O) groups is 3. The van der Waals surface area contributed by atoms with Gasteiger partial charge in [-0.3, -0.25) is 19.1 Å². The van der Waals surface area contributed by atoms with Crippen molar-refractivity contribution in [1.82, 2.24) is 24.9 Å². The summed E-state index contributed by atoms with van der Waals surface area (Å²) in [7, 11) is -3.83. The fourth-order valence-electron chi connectivity index (χ4n) is 6.75. The molecule has 3 aromatic rings. The second kappa shape index (κ2) is 13.2. The molecular weight excluding hydrogens is 632 g/mol. The number of fused-ring (bicyclic) bond motifs is 3. The van der Waals surface area contributed by atoms with Gasteiger partial charge in [0.1, 0.15) is 23.7 Å². The van der Waals surface area contributed by atoms with E-state index in [1.165, 1.54) is 11.1 Å². The van der Waals surface area contributed by atoms with E-state index in [0.717, 1.165) is 31.4 Å². The Kier molecular flexibility index (Phi) is 8.80. The third kappa shape index (κ3) is 6.87. The molecule has 3 N–H and O–H groups in total. The largest absolute Gasteiger partial charge is 0.471 e. The fraction of sp³-hybridized carbons (Fsp3) is 0.457. The molecule has 2 aliphatic heterocycles. The van der Waals surface area contributed by atoms with Crippen molar-refractivity contribution in [3.8, 4) is 5.88 Å². The lowest BCUT2D eigenvalue weighted by atomic mass is 10.0. The Balaban J connectivity index is 1.18. The van der Waals surface area contributed by atoms with Crippen molar-refractivity contribution in [2.45, 2.75) is 86.8 Å². The zero-order chi connectivity index (χ0) is 33.3. The molecule has 0 spiro atoms. The molecule has 1 saturated heterocycles. The molecule has 3 amide bonds. The molecule has 2 aromatic carbocycles. The summed E-state index contributed by atoms with van der Waals surface area (Å²) < 4.78 is 34.0. The number of sulfonamides is 1. The predicted octanol–water partition coefficient (Wildman–Crippen LogP) is 3.46. The van der Waals surface area contributed by atoms with Crippen molar-refractivity contribution >= 4 is 44.5 Å². The van der Waals surface area contributed by atoms with E-state index < -0.39 is 50.8 Å². The van der Waals surface area contributed by atoms with E-state index in [4.69, 9.17) is 4.74 Å². The Morgan fingerprint density at radius 3 is 2.54 bits per heavy atom. The topological polar surface area (TPSA) is 160 Å². The number of amides is 3. The molecule has 0 unspecified atom stereocenters. The van der Waals surface area contributed by atoms with Crippen molar-refractivity contribution in [3.63, 3.8) is 0 Å². The average Bonchev–Trinajstić information content (AvgIpc) is 4.01. The van der Waals surface area contributed by atoms with Gasteiger partial charge in [0.2, 0.25) is 27.7 Å². The summed E-state index contributed by atoms with van der Waals surface area (Å²) in [5.74, 6) is -1.59. The van der Waals surface area contributed by atoms with Crippen LogP contribution in [0.3, 0.4) is 0 Å². The monoisotopic (exact) mass is 672 g/mol. The third-order valence-electron chi connectivity index (χ3n) is 9.67. The van der Waals surface area contributed by atoms with Crippen LogP contribution in [0.25, 0.3) is 11.0 Å². The lowest BCUT2D eigenvalue weighted by Crippen LogP contribution is -2.57. The Morgan fingerprint density at radius 2 is 1.75 bits per heavy atom. The Morgan fingerprint density at radius 1 is 0.979 bits per heavy atom. The first-order valence-corrected chi connectivity index (χ1v) is 18.3. The summed E-state index contributed by atoms with van der Waals surface area (Å²) in [6.45, 7) is 0.122. The number of benzene rings is 2. The molecule has 1 aromatic heterocycles. The van der Waals surface area contributed by atoms with Crippen LogP contribution in [0.1, 0.15) is 57.8 Å². The molecule has 2 aliphatic carbocycles. The molecule has 5 atom stereocenters. The lowest BCUT2D eigenvalue weighted by molar-refractivity contribution is -0.140. The van der Waals surface area contributed by atoms with E-state index in [0.29, 0.717) is 30.3 Å². The third-order valence-corrected chi connectivity index (χ3v) is 11.5. The quantitative estimate of drug-likeness (QED) is 0.320. The molecule has 3 fully saturated rings. The fourth-order valence-corrected chi connectivity index (χ4v) is 8.11. The van der Waals surface area contributed by atoms with E-state index in [1.807, 2.05) is 66.7 Å². The van der Waals surface area contributed by atoms with Gasteiger partial charge in [-0.1, -0.05) is 55.3 Å². The summed E-state index contributed by atoms with van der Waals surface area (Å²) in [6, 6.07) is 15.3. The number of nitrogens with one attached hydrogen (secondary N) is 3. The van der Waals surface area contributed by atoms with Crippen molar-refractivity contribution in [2.24, 2.45) is 5.92 Å². The van der Waals surface area contributed by atoms with Crippen LogP contribution in [0.4, 0.5) is 5.69 Å². The van der Waals surface area contributed by atoms with Gasteiger partial charge in [-0.25, -0.2) is 18.4 Å². The first-order valence-electron chi connectivity index (χ1n) is 16.8. The highest BCUT2D eigenvalue weighted by atomic mass is 32.2. The smallest absolute Gasteiger partial charge is 0.259 e. The van der Waals surface area contributed by atoms with Crippen molar-refractivity contribution in [2.75, 3.05) is 11.9 Å². The molecule has 12 nitrogen and oxygen atoms in total. The van der Waals surface area contributed by atoms with Crippen molar-refractivity contribution < 1.29 is 27.5 Å². The van der Waals surface area contributed by atoms with Gasteiger partial charge >= 0.3 is 0 Å². The number of allylic oxidation sites excluding steroid dienone is 1. The zero-order valence-electron chi connectivity index (χ0n) is 26.6. The van der Waals surface area contributed by atoms with Crippen LogP contribution in [0, 0.1) is 5.92 Å². The number of nitrogens with zero attached hydrogens (tertiary/aromatic N) is 3. The maximum Gasteiger partial charge on any atom is 0.259 e. The van der Waals surface area contributed by atoms with Crippen LogP contribution < -0.4 is 20.1 Å². The molecule has 48 heavy (non-hydrogen) atoms. The molecule has 7 rings (SSSR count). The molecule has 13 heteroatoms. The van der Waals surface area contributed by atoms with Crippen LogP contribution in [0.5, 0.6) is 5.88 Å². The lowest BCUT2D eigenvalue weighted by Gasteiger charge is -2.30. The van der Waals surface area contributed by atoms with Crippen molar-refractivity contribution in [1.29, 1.82) is 0 Å². The highest BCUT2D eigenvalue weighted by Gasteiger charge is 2.62. The van der Waals surface area contributed by atoms with E-state index >= 15 is 0 Å². The maximum absolute atomic E-state index is 14.4. The summed E-state index contributed by atoms with van der Waals surface area (Å²) in [6.07, 6.45) is 10.2. The van der Waals surface area contributed by atoms with Crippen LogP contribution in [-0.2, 0) is 24.4 Å². The van der Waals surface area contributed by atoms with Gasteiger partial charge in [-0.15, -0.1) is 0 Å². The number of aromatic nitrogens is 2. The highest BCUT2D eigenvalue weighted by Crippen LogP contribution is 2.46. The molecule has 0 radical (unpaired) electrons. The SMILES string of the molecule is O=C1N[C@]2(C(=O)NS(=O)(=O)C3CC3)C[C@H]2C=CCCCCC[C@H](Nc2ccccc2)C(=O)N2C[C@H](Oc3cnc4ccccc4n3)C[C@@H]12. The van der Waals surface area contributed by atoms with Crippen LogP contribution in [-0.4, -0.2) is 76.5 Å². The van der Waals surface area contributed by atoms with Gasteiger partial charge in [0.25, 0.3) is 5.91 Å². The second-order valence-corrected chi connectivity index (χ2v) is 15.2. The number of hydrogen-bond acceptors (Lipinski definition) is 9. The van der Waals surface area contributed by atoms with Crippen molar-refractivity contribution in [3.05, 3.63) is 72.9 Å². The molecule has 2 saturated carbocycles. The Hall–Kier alpha value is -4.52. The molecule has 3 heterocycles. The van der Waals surface area contributed by atoms with Gasteiger partial charge in [-0.05, 0) is 62.8 Å².